The number of rotatable bonds is 4. The molecule has 2 rings (SSSR count). The molecule has 106 valence electrons. The van der Waals surface area contributed by atoms with Gasteiger partial charge in [-0.3, -0.25) is 0 Å². The van der Waals surface area contributed by atoms with E-state index >= 15 is 0 Å². The molecule has 0 aromatic heterocycles. The predicted molar refractivity (Wildman–Crippen MR) is 78.0 cm³/mol. The Balaban J connectivity index is 1.77. The van der Waals surface area contributed by atoms with Crippen molar-refractivity contribution < 1.29 is 0 Å². The molecule has 0 aliphatic carbocycles. The van der Waals surface area contributed by atoms with Crippen LogP contribution in [0.2, 0.25) is 0 Å². The van der Waals surface area contributed by atoms with E-state index in [0.29, 0.717) is 5.41 Å². The van der Waals surface area contributed by atoms with Crippen molar-refractivity contribution in [2.45, 2.75) is 45.1 Å². The minimum Gasteiger partial charge on any atom is -0.320 e. The van der Waals surface area contributed by atoms with Gasteiger partial charge in [-0.15, -0.1) is 0 Å². The molecule has 2 aliphatic rings. The van der Waals surface area contributed by atoms with Crippen molar-refractivity contribution in [2.75, 3.05) is 46.8 Å². The maximum absolute atomic E-state index is 3.27. The molecule has 0 saturated carbocycles. The second-order valence-corrected chi connectivity index (χ2v) is 6.58. The first-order chi connectivity index (χ1) is 8.65. The second-order valence-electron chi connectivity index (χ2n) is 6.58. The first-order valence-electron chi connectivity index (χ1n) is 7.72. The number of piperidine rings is 2. The summed E-state index contributed by atoms with van der Waals surface area (Å²) in [6, 6.07) is 0.751. The van der Waals surface area contributed by atoms with Crippen LogP contribution in [0.25, 0.3) is 0 Å². The van der Waals surface area contributed by atoms with Crippen LogP contribution in [0.5, 0.6) is 0 Å². The number of likely N-dealkylation sites (tertiary alicyclic amines) is 2. The lowest BCUT2D eigenvalue weighted by atomic mass is 9.71. The van der Waals surface area contributed by atoms with Crippen LogP contribution in [0.3, 0.4) is 0 Å². The van der Waals surface area contributed by atoms with E-state index in [9.17, 15) is 0 Å². The Bertz CT molecular complexity index is 236. The minimum atomic E-state index is 0.700. The summed E-state index contributed by atoms with van der Waals surface area (Å²) in [5.74, 6) is 0. The number of hydrogen-bond acceptors (Lipinski definition) is 3. The maximum Gasteiger partial charge on any atom is 0.00790 e. The highest BCUT2D eigenvalue weighted by Crippen LogP contribution is 2.41. The van der Waals surface area contributed by atoms with Crippen LogP contribution in [0, 0.1) is 5.41 Å². The van der Waals surface area contributed by atoms with Gasteiger partial charge in [0.2, 0.25) is 0 Å². The molecule has 0 amide bonds. The van der Waals surface area contributed by atoms with E-state index in [4.69, 9.17) is 0 Å². The Morgan fingerprint density at radius 3 is 2.17 bits per heavy atom. The lowest BCUT2D eigenvalue weighted by molar-refractivity contribution is 0.0278. The first kappa shape index (κ1) is 14.3. The van der Waals surface area contributed by atoms with Crippen molar-refractivity contribution in [1.82, 2.24) is 15.1 Å². The van der Waals surface area contributed by atoms with Gasteiger partial charge in [0.05, 0.1) is 0 Å². The Morgan fingerprint density at radius 2 is 1.61 bits per heavy atom. The molecule has 0 aromatic rings. The Hall–Kier alpha value is -0.120. The molecule has 2 heterocycles. The first-order valence-corrected chi connectivity index (χ1v) is 7.72. The monoisotopic (exact) mass is 253 g/mol. The third kappa shape index (κ3) is 3.46. The Labute approximate surface area is 113 Å². The topological polar surface area (TPSA) is 18.5 Å². The average molecular weight is 253 g/mol. The third-order valence-corrected chi connectivity index (χ3v) is 5.34. The van der Waals surface area contributed by atoms with Gasteiger partial charge in [0.1, 0.15) is 0 Å². The van der Waals surface area contributed by atoms with Gasteiger partial charge in [0, 0.05) is 6.04 Å². The van der Waals surface area contributed by atoms with Gasteiger partial charge in [-0.2, -0.15) is 0 Å². The molecule has 0 radical (unpaired) electrons. The highest BCUT2D eigenvalue weighted by atomic mass is 15.2. The van der Waals surface area contributed by atoms with E-state index in [1.807, 2.05) is 0 Å². The zero-order valence-electron chi connectivity index (χ0n) is 12.5. The van der Waals surface area contributed by atoms with Gasteiger partial charge < -0.3 is 15.1 Å². The van der Waals surface area contributed by atoms with Crippen molar-refractivity contribution in [3.63, 3.8) is 0 Å². The molecule has 18 heavy (non-hydrogen) atoms. The molecule has 3 nitrogen and oxygen atoms in total. The van der Waals surface area contributed by atoms with E-state index in [-0.39, 0.29) is 0 Å². The van der Waals surface area contributed by atoms with Gasteiger partial charge >= 0.3 is 0 Å². The molecule has 0 aromatic carbocycles. The van der Waals surface area contributed by atoms with Crippen molar-refractivity contribution in [2.24, 2.45) is 5.41 Å². The van der Waals surface area contributed by atoms with E-state index < -0.39 is 0 Å². The molecule has 3 heteroatoms. The van der Waals surface area contributed by atoms with E-state index in [0.717, 1.165) is 12.6 Å². The molecule has 2 aliphatic heterocycles. The van der Waals surface area contributed by atoms with Gasteiger partial charge in [0.15, 0.2) is 0 Å². The summed E-state index contributed by atoms with van der Waals surface area (Å²) in [6.07, 6.45) is 7.02. The smallest absolute Gasteiger partial charge is 0.00790 e. The summed E-state index contributed by atoms with van der Waals surface area (Å²) in [6.45, 7) is 8.82. The predicted octanol–water partition coefficient (Wildman–Crippen LogP) is 1.79. The van der Waals surface area contributed by atoms with E-state index in [2.05, 4.69) is 36.1 Å². The lowest BCUT2D eigenvalue weighted by Gasteiger charge is -2.47. The zero-order valence-corrected chi connectivity index (χ0v) is 12.5. The number of nitrogens with zero attached hydrogens (tertiary/aromatic N) is 2. The lowest BCUT2D eigenvalue weighted by Crippen LogP contribution is -2.48. The van der Waals surface area contributed by atoms with E-state index in [1.54, 1.807) is 0 Å². The van der Waals surface area contributed by atoms with Crippen molar-refractivity contribution >= 4 is 0 Å². The molecule has 1 unspecified atom stereocenters. The summed E-state index contributed by atoms with van der Waals surface area (Å²) in [7, 11) is 4.32. The quantitative estimate of drug-likeness (QED) is 0.824. The fourth-order valence-electron chi connectivity index (χ4n) is 3.57. The van der Waals surface area contributed by atoms with Crippen LogP contribution in [0.1, 0.15) is 39.0 Å². The Kier molecular flexibility index (Phi) is 5.05. The Morgan fingerprint density at radius 1 is 1.06 bits per heavy atom. The van der Waals surface area contributed by atoms with Crippen LogP contribution >= 0.6 is 0 Å². The largest absolute Gasteiger partial charge is 0.320 e. The second kappa shape index (κ2) is 6.36. The van der Waals surface area contributed by atoms with Crippen LogP contribution in [-0.4, -0.2) is 62.7 Å². The van der Waals surface area contributed by atoms with Crippen LogP contribution in [0.4, 0.5) is 0 Å². The zero-order chi connectivity index (χ0) is 13.0. The van der Waals surface area contributed by atoms with Crippen LogP contribution in [-0.2, 0) is 0 Å². The number of hydrogen-bond donors (Lipinski definition) is 1. The van der Waals surface area contributed by atoms with Gasteiger partial charge in [0.25, 0.3) is 0 Å². The molecule has 1 atom stereocenters. The molecule has 2 fully saturated rings. The minimum absolute atomic E-state index is 0.700. The molecule has 1 spiro atoms. The highest BCUT2D eigenvalue weighted by Gasteiger charge is 2.37. The van der Waals surface area contributed by atoms with Crippen molar-refractivity contribution in [3.05, 3.63) is 0 Å². The standard InChI is InChI=1S/C15H31N3/c1-14(4-9-16-2)18-12-7-15(8-13-18)5-10-17(3)11-6-15/h14,16H,4-13H2,1-3H3. The maximum atomic E-state index is 3.27. The highest BCUT2D eigenvalue weighted by molar-refractivity contribution is 4.91. The van der Waals surface area contributed by atoms with Crippen LogP contribution < -0.4 is 5.32 Å². The van der Waals surface area contributed by atoms with Gasteiger partial charge in [-0.1, -0.05) is 0 Å². The van der Waals surface area contributed by atoms with Gasteiger partial charge in [-0.25, -0.2) is 0 Å². The molecule has 1 N–H and O–H groups in total. The fourth-order valence-corrected chi connectivity index (χ4v) is 3.57. The fraction of sp³-hybridized carbons (Fsp3) is 1.00. The normalized spacial score (nSPS) is 27.5. The number of nitrogens with one attached hydrogen (secondary N) is 1. The summed E-state index contributed by atoms with van der Waals surface area (Å²) in [5.41, 5.74) is 0.700. The summed E-state index contributed by atoms with van der Waals surface area (Å²) in [4.78, 5) is 5.20. The third-order valence-electron chi connectivity index (χ3n) is 5.34. The van der Waals surface area contributed by atoms with Crippen LogP contribution in [0.15, 0.2) is 0 Å². The molecular formula is C15H31N3. The van der Waals surface area contributed by atoms with E-state index in [1.165, 1.54) is 58.3 Å². The van der Waals surface area contributed by atoms with Gasteiger partial charge in [-0.05, 0) is 91.3 Å². The molecular weight excluding hydrogens is 222 g/mol. The average Bonchev–Trinajstić information content (AvgIpc) is 2.40. The summed E-state index contributed by atoms with van der Waals surface area (Å²) < 4.78 is 0. The van der Waals surface area contributed by atoms with Crippen molar-refractivity contribution in [1.29, 1.82) is 0 Å². The molecule has 2 saturated heterocycles. The summed E-state index contributed by atoms with van der Waals surface area (Å²) in [5, 5.41) is 3.27. The molecule has 0 bridgehead atoms. The summed E-state index contributed by atoms with van der Waals surface area (Å²) >= 11 is 0. The SMILES string of the molecule is CNCCC(C)N1CCC2(CCN(C)CC2)CC1. The van der Waals surface area contributed by atoms with Crippen molar-refractivity contribution in [3.8, 4) is 0 Å².